The van der Waals surface area contributed by atoms with Crippen LogP contribution in [0, 0.1) is 10.1 Å². The summed E-state index contributed by atoms with van der Waals surface area (Å²) in [5, 5.41) is 29.1. The summed E-state index contributed by atoms with van der Waals surface area (Å²) in [6.07, 6.45) is 2.92. The SMILES string of the molecule is O=C(O)CN1CCN(CCn2ccnc2[N+](=O)[O-])CCN(CC(=O)O)CC1. The topological polar surface area (TPSA) is 145 Å². The van der Waals surface area contributed by atoms with Crippen LogP contribution in [0.5, 0.6) is 0 Å². The van der Waals surface area contributed by atoms with Gasteiger partial charge in [-0.2, -0.15) is 0 Å². The van der Waals surface area contributed by atoms with Crippen molar-refractivity contribution >= 4 is 17.9 Å². The molecule has 12 heteroatoms. The highest BCUT2D eigenvalue weighted by molar-refractivity contribution is 5.69. The maximum Gasteiger partial charge on any atom is 0.434 e. The number of rotatable bonds is 8. The van der Waals surface area contributed by atoms with E-state index < -0.39 is 16.9 Å². The molecule has 150 valence electrons. The van der Waals surface area contributed by atoms with Gasteiger partial charge in [0.05, 0.1) is 19.6 Å². The summed E-state index contributed by atoms with van der Waals surface area (Å²) in [5.41, 5.74) is 0. The molecule has 0 atom stereocenters. The van der Waals surface area contributed by atoms with Crippen LogP contribution in [-0.4, -0.2) is 110 Å². The molecule has 0 saturated carbocycles. The zero-order chi connectivity index (χ0) is 19.8. The number of imidazole rings is 1. The molecule has 0 amide bonds. The van der Waals surface area contributed by atoms with Gasteiger partial charge < -0.3 is 20.3 Å². The fourth-order valence-electron chi connectivity index (χ4n) is 3.00. The summed E-state index contributed by atoms with van der Waals surface area (Å²) in [7, 11) is 0. The van der Waals surface area contributed by atoms with Crippen molar-refractivity contribution in [2.24, 2.45) is 0 Å². The zero-order valence-electron chi connectivity index (χ0n) is 14.9. The van der Waals surface area contributed by atoms with E-state index in [0.717, 1.165) is 0 Å². The summed E-state index contributed by atoms with van der Waals surface area (Å²) in [6, 6.07) is 0. The van der Waals surface area contributed by atoms with E-state index in [1.54, 1.807) is 16.0 Å². The molecule has 0 bridgehead atoms. The molecule has 2 heterocycles. The van der Waals surface area contributed by atoms with Crippen LogP contribution in [0.25, 0.3) is 0 Å². The first-order chi connectivity index (χ1) is 12.8. The Morgan fingerprint density at radius 1 is 0.963 bits per heavy atom. The van der Waals surface area contributed by atoms with E-state index in [0.29, 0.717) is 52.4 Å². The van der Waals surface area contributed by atoms with E-state index in [-0.39, 0.29) is 19.0 Å². The van der Waals surface area contributed by atoms with E-state index in [9.17, 15) is 19.7 Å². The van der Waals surface area contributed by atoms with Gasteiger partial charge in [-0.3, -0.25) is 24.3 Å². The summed E-state index contributed by atoms with van der Waals surface area (Å²) in [4.78, 5) is 41.8. The molecular weight excluding hydrogens is 360 g/mol. The second-order valence-corrected chi connectivity index (χ2v) is 6.36. The fraction of sp³-hybridized carbons (Fsp3) is 0.667. The van der Waals surface area contributed by atoms with E-state index in [4.69, 9.17) is 10.2 Å². The Morgan fingerprint density at radius 2 is 1.44 bits per heavy atom. The van der Waals surface area contributed by atoms with Crippen molar-refractivity contribution in [3.05, 3.63) is 22.5 Å². The largest absolute Gasteiger partial charge is 0.480 e. The quantitative estimate of drug-likeness (QED) is 0.417. The molecule has 0 aliphatic carbocycles. The van der Waals surface area contributed by atoms with Gasteiger partial charge in [-0.1, -0.05) is 4.98 Å². The number of nitrogens with zero attached hydrogens (tertiary/aromatic N) is 6. The molecule has 0 spiro atoms. The summed E-state index contributed by atoms with van der Waals surface area (Å²) < 4.78 is 1.46. The van der Waals surface area contributed by atoms with Crippen LogP contribution in [0.15, 0.2) is 12.4 Å². The smallest absolute Gasteiger partial charge is 0.434 e. The number of hydrogen-bond donors (Lipinski definition) is 2. The van der Waals surface area contributed by atoms with Crippen molar-refractivity contribution in [3.8, 4) is 0 Å². The van der Waals surface area contributed by atoms with Gasteiger partial charge in [0.15, 0.2) is 0 Å². The van der Waals surface area contributed by atoms with E-state index in [1.165, 1.54) is 10.8 Å². The molecule has 1 aliphatic heterocycles. The highest BCUT2D eigenvalue weighted by Crippen LogP contribution is 2.08. The zero-order valence-corrected chi connectivity index (χ0v) is 14.9. The van der Waals surface area contributed by atoms with E-state index >= 15 is 0 Å². The van der Waals surface area contributed by atoms with Crippen LogP contribution in [0.1, 0.15) is 0 Å². The number of hydrogen-bond acceptors (Lipinski definition) is 8. The average molecular weight is 384 g/mol. The van der Waals surface area contributed by atoms with Crippen LogP contribution < -0.4 is 0 Å². The monoisotopic (exact) mass is 384 g/mol. The minimum Gasteiger partial charge on any atom is -0.480 e. The van der Waals surface area contributed by atoms with Crippen LogP contribution in [0.3, 0.4) is 0 Å². The maximum absolute atomic E-state index is 11.0. The normalized spacial score (nSPS) is 17.8. The lowest BCUT2D eigenvalue weighted by Crippen LogP contribution is -2.40. The Labute approximate surface area is 155 Å². The third-order valence-electron chi connectivity index (χ3n) is 4.43. The number of carboxylic acid groups (broad SMARTS) is 2. The predicted molar refractivity (Wildman–Crippen MR) is 93.5 cm³/mol. The molecule has 12 nitrogen and oxygen atoms in total. The van der Waals surface area contributed by atoms with Crippen LogP contribution in [0.2, 0.25) is 0 Å². The number of nitro groups is 1. The van der Waals surface area contributed by atoms with Gasteiger partial charge in [-0.15, -0.1) is 0 Å². The van der Waals surface area contributed by atoms with Gasteiger partial charge in [0.2, 0.25) is 0 Å². The third kappa shape index (κ3) is 6.92. The van der Waals surface area contributed by atoms with Gasteiger partial charge in [0.1, 0.15) is 12.4 Å². The fourth-order valence-corrected chi connectivity index (χ4v) is 3.00. The van der Waals surface area contributed by atoms with Crippen molar-refractivity contribution in [1.82, 2.24) is 24.3 Å². The summed E-state index contributed by atoms with van der Waals surface area (Å²) in [5.74, 6) is -2.08. The van der Waals surface area contributed by atoms with Crippen molar-refractivity contribution in [2.45, 2.75) is 6.54 Å². The van der Waals surface area contributed by atoms with Crippen LogP contribution in [-0.2, 0) is 16.1 Å². The molecule has 0 radical (unpaired) electrons. The average Bonchev–Trinajstić information content (AvgIpc) is 3.07. The molecule has 0 unspecified atom stereocenters. The van der Waals surface area contributed by atoms with Crippen molar-refractivity contribution in [1.29, 1.82) is 0 Å². The highest BCUT2D eigenvalue weighted by Gasteiger charge is 2.20. The first-order valence-electron chi connectivity index (χ1n) is 8.61. The molecule has 0 aromatic carbocycles. The Bertz CT molecular complexity index is 637. The standard InChI is InChI=1S/C15H24N6O6/c22-13(23)11-18-5-3-17(4-6-19(8-7-18)12-14(24)25)9-10-20-2-1-16-15(20)21(26)27/h1-2H,3-12H2,(H,22,23)(H,24,25). The molecular formula is C15H24N6O6. The minimum absolute atomic E-state index is 0.109. The Kier molecular flexibility index (Phi) is 7.64. The van der Waals surface area contributed by atoms with Crippen molar-refractivity contribution < 1.29 is 24.7 Å². The van der Waals surface area contributed by atoms with E-state index in [2.05, 4.69) is 9.88 Å². The Balaban J connectivity index is 2.00. The first kappa shape index (κ1) is 20.7. The van der Waals surface area contributed by atoms with Gasteiger partial charge in [0.25, 0.3) is 0 Å². The minimum atomic E-state index is -0.931. The van der Waals surface area contributed by atoms with Crippen LogP contribution >= 0.6 is 0 Å². The third-order valence-corrected chi connectivity index (χ3v) is 4.43. The summed E-state index contributed by atoms with van der Waals surface area (Å²) in [6.45, 7) is 3.85. The lowest BCUT2D eigenvalue weighted by atomic mass is 10.4. The number of carbonyl (C=O) groups is 2. The van der Waals surface area contributed by atoms with Crippen LogP contribution in [0.4, 0.5) is 5.95 Å². The van der Waals surface area contributed by atoms with Crippen molar-refractivity contribution in [2.75, 3.05) is 58.9 Å². The second-order valence-electron chi connectivity index (χ2n) is 6.36. The molecule has 1 fully saturated rings. The molecule has 1 aliphatic rings. The maximum atomic E-state index is 11.0. The Morgan fingerprint density at radius 3 is 1.89 bits per heavy atom. The molecule has 2 rings (SSSR count). The summed E-state index contributed by atoms with van der Waals surface area (Å²) >= 11 is 0. The van der Waals surface area contributed by atoms with Crippen molar-refractivity contribution in [3.63, 3.8) is 0 Å². The first-order valence-corrected chi connectivity index (χ1v) is 8.61. The second kappa shape index (κ2) is 9.94. The van der Waals surface area contributed by atoms with Gasteiger partial charge in [-0.05, 0) is 4.92 Å². The molecule has 1 aromatic rings. The van der Waals surface area contributed by atoms with E-state index in [1.807, 2.05) is 0 Å². The van der Waals surface area contributed by atoms with Gasteiger partial charge in [-0.25, -0.2) is 4.57 Å². The number of carboxylic acids is 2. The lowest BCUT2D eigenvalue weighted by molar-refractivity contribution is -0.396. The lowest BCUT2D eigenvalue weighted by Gasteiger charge is -2.24. The molecule has 1 aromatic heterocycles. The molecule has 2 N–H and O–H groups in total. The molecule has 1 saturated heterocycles. The van der Waals surface area contributed by atoms with Gasteiger partial charge >= 0.3 is 17.9 Å². The molecule has 27 heavy (non-hydrogen) atoms. The predicted octanol–water partition coefficient (Wildman–Crippen LogP) is -1.12. The number of aromatic nitrogens is 2. The van der Waals surface area contributed by atoms with Gasteiger partial charge in [0, 0.05) is 45.8 Å². The Hall–Kier alpha value is -2.57. The highest BCUT2D eigenvalue weighted by atomic mass is 16.6. The number of aliphatic carboxylic acids is 2.